The summed E-state index contributed by atoms with van der Waals surface area (Å²) >= 11 is 0. The van der Waals surface area contributed by atoms with Gasteiger partial charge in [-0.05, 0) is 31.7 Å². The first-order valence-electron chi connectivity index (χ1n) is 9.30. The Morgan fingerprint density at radius 1 is 1.41 bits per heavy atom. The smallest absolute Gasteiger partial charge is 0.214 e. The van der Waals surface area contributed by atoms with Gasteiger partial charge in [0.25, 0.3) is 0 Å². The lowest BCUT2D eigenvalue weighted by atomic mass is 9.89. The molecule has 2 saturated carbocycles. The number of nitrogens with one attached hydrogen (secondary N) is 2. The van der Waals surface area contributed by atoms with Crippen molar-refractivity contribution in [3.05, 3.63) is 24.3 Å². The quantitative estimate of drug-likeness (QED) is 0.691. The van der Waals surface area contributed by atoms with Crippen molar-refractivity contribution in [3.8, 4) is 0 Å². The predicted octanol–water partition coefficient (Wildman–Crippen LogP) is 2.04. The van der Waals surface area contributed by atoms with Crippen LogP contribution in [0, 0.1) is 5.92 Å². The molecule has 0 radical (unpaired) electrons. The average molecular weight is 392 g/mol. The molecular weight excluding hydrogens is 371 g/mol. The lowest BCUT2D eigenvalue weighted by molar-refractivity contribution is 0.0927. The van der Waals surface area contributed by atoms with Gasteiger partial charge in [-0.25, -0.2) is 22.5 Å². The first-order chi connectivity index (χ1) is 12.9. The number of H-pyrrole nitrogens is 1. The van der Waals surface area contributed by atoms with Crippen LogP contribution in [0.4, 0.5) is 4.39 Å². The number of halogens is 1. The van der Waals surface area contributed by atoms with Crippen LogP contribution in [-0.2, 0) is 15.7 Å². The fourth-order valence-corrected chi connectivity index (χ4v) is 5.94. The van der Waals surface area contributed by atoms with Gasteiger partial charge in [-0.1, -0.05) is 6.92 Å². The van der Waals surface area contributed by atoms with Gasteiger partial charge in [-0.3, -0.25) is 4.40 Å². The first kappa shape index (κ1) is 17.1. The van der Waals surface area contributed by atoms with E-state index in [9.17, 15) is 8.42 Å². The summed E-state index contributed by atoms with van der Waals surface area (Å²) in [7, 11) is -3.36. The summed E-state index contributed by atoms with van der Waals surface area (Å²) in [5.74, 6) is -0.108. The lowest BCUT2D eigenvalue weighted by Crippen LogP contribution is -2.36. The molecule has 5 rings (SSSR count). The topological polar surface area (TPSA) is 105 Å². The van der Waals surface area contributed by atoms with Crippen molar-refractivity contribution in [3.63, 3.8) is 0 Å². The zero-order chi connectivity index (χ0) is 18.8. The number of rotatable bonds is 5. The monoisotopic (exact) mass is 392 g/mol. The largest absolute Gasteiger partial charge is 0.345 e. The summed E-state index contributed by atoms with van der Waals surface area (Å²) in [5, 5.41) is 7.95. The molecule has 0 saturated heterocycles. The van der Waals surface area contributed by atoms with E-state index in [0.717, 1.165) is 0 Å². The number of hydrogen-bond acceptors (Lipinski definition) is 5. The molecule has 2 aliphatic carbocycles. The van der Waals surface area contributed by atoms with E-state index in [-0.39, 0.29) is 23.4 Å². The van der Waals surface area contributed by atoms with Gasteiger partial charge >= 0.3 is 0 Å². The molecule has 3 aromatic rings. The lowest BCUT2D eigenvalue weighted by Gasteiger charge is -2.24. The van der Waals surface area contributed by atoms with Crippen molar-refractivity contribution in [1.29, 1.82) is 0 Å². The fourth-order valence-electron chi connectivity index (χ4n) is 4.34. The minimum Gasteiger partial charge on any atom is -0.345 e. The Morgan fingerprint density at radius 3 is 2.96 bits per heavy atom. The van der Waals surface area contributed by atoms with E-state index in [1.54, 1.807) is 16.8 Å². The molecule has 0 unspecified atom stereocenters. The first-order valence-corrected chi connectivity index (χ1v) is 10.8. The summed E-state index contributed by atoms with van der Waals surface area (Å²) < 4.78 is 45.4. The summed E-state index contributed by atoms with van der Waals surface area (Å²) in [4.78, 5) is 7.28. The van der Waals surface area contributed by atoms with Crippen molar-refractivity contribution < 1.29 is 12.8 Å². The molecule has 2 aliphatic rings. The van der Waals surface area contributed by atoms with E-state index < -0.39 is 21.7 Å². The van der Waals surface area contributed by atoms with E-state index in [1.165, 1.54) is 0 Å². The molecule has 10 heteroatoms. The van der Waals surface area contributed by atoms with E-state index >= 15 is 4.39 Å². The van der Waals surface area contributed by atoms with Gasteiger partial charge < -0.3 is 4.98 Å². The van der Waals surface area contributed by atoms with Gasteiger partial charge in [0.2, 0.25) is 10.0 Å². The van der Waals surface area contributed by atoms with Crippen LogP contribution < -0.4 is 4.72 Å². The van der Waals surface area contributed by atoms with Crippen molar-refractivity contribution in [1.82, 2.24) is 29.3 Å². The summed E-state index contributed by atoms with van der Waals surface area (Å²) in [6.07, 6.45) is 5.78. The molecule has 0 aromatic carbocycles. The fraction of sp³-hybridized carbons (Fsp3) is 0.588. The van der Waals surface area contributed by atoms with E-state index in [2.05, 4.69) is 24.9 Å². The third kappa shape index (κ3) is 2.57. The summed E-state index contributed by atoms with van der Waals surface area (Å²) in [6, 6.07) is 1.39. The average Bonchev–Trinajstić information content (AvgIpc) is 3.11. The van der Waals surface area contributed by atoms with Crippen LogP contribution >= 0.6 is 0 Å². The van der Waals surface area contributed by atoms with Crippen LogP contribution in [0.3, 0.4) is 0 Å². The number of aromatic nitrogens is 5. The van der Waals surface area contributed by atoms with Gasteiger partial charge in [-0.2, -0.15) is 0 Å². The predicted molar refractivity (Wildman–Crippen MR) is 97.3 cm³/mol. The number of nitrogens with zero attached hydrogens (tertiary/aromatic N) is 4. The number of hydrogen-bond donors (Lipinski definition) is 2. The van der Waals surface area contributed by atoms with E-state index in [0.29, 0.717) is 42.5 Å². The molecule has 2 fully saturated rings. The molecule has 0 spiro atoms. The number of aromatic amines is 1. The van der Waals surface area contributed by atoms with Crippen LogP contribution in [0.15, 0.2) is 18.5 Å². The molecule has 0 aliphatic heterocycles. The number of sulfonamides is 1. The van der Waals surface area contributed by atoms with E-state index in [4.69, 9.17) is 0 Å². The van der Waals surface area contributed by atoms with Gasteiger partial charge in [0.1, 0.15) is 0 Å². The molecule has 0 amide bonds. The second kappa shape index (κ2) is 5.71. The van der Waals surface area contributed by atoms with Crippen molar-refractivity contribution in [2.24, 2.45) is 5.92 Å². The highest BCUT2D eigenvalue weighted by Gasteiger charge is 2.53. The van der Waals surface area contributed by atoms with Crippen LogP contribution in [0.2, 0.25) is 0 Å². The molecule has 0 bridgehead atoms. The Labute approximate surface area is 155 Å². The van der Waals surface area contributed by atoms with Crippen molar-refractivity contribution in [2.75, 3.05) is 0 Å². The maximum Gasteiger partial charge on any atom is 0.214 e. The summed E-state index contributed by atoms with van der Waals surface area (Å²) in [5.41, 5.74) is 0.0627. The Bertz CT molecular complexity index is 1120. The highest BCUT2D eigenvalue weighted by Crippen LogP contribution is 2.48. The Hall–Kier alpha value is -2.07. The SMILES string of the molecule is CC[C@H]1C[C@@H](NS(=O)(=O)C2CC2)C[C@@]1(F)c1nnc2cnc3[nH]ccc3n12. The maximum absolute atomic E-state index is 16.4. The van der Waals surface area contributed by atoms with Crippen LogP contribution in [0.5, 0.6) is 0 Å². The minimum absolute atomic E-state index is 0.0620. The highest BCUT2D eigenvalue weighted by molar-refractivity contribution is 7.90. The van der Waals surface area contributed by atoms with Gasteiger partial charge in [0, 0.05) is 24.6 Å². The highest BCUT2D eigenvalue weighted by atomic mass is 32.2. The molecule has 144 valence electrons. The van der Waals surface area contributed by atoms with Gasteiger partial charge in [0.15, 0.2) is 22.8 Å². The van der Waals surface area contributed by atoms with Gasteiger partial charge in [0.05, 0.1) is 17.0 Å². The minimum atomic E-state index is -3.36. The number of alkyl halides is 1. The van der Waals surface area contributed by atoms with Gasteiger partial charge in [-0.15, -0.1) is 10.2 Å². The Morgan fingerprint density at radius 2 is 2.22 bits per heavy atom. The molecule has 2 N–H and O–H groups in total. The Kier molecular flexibility index (Phi) is 3.61. The van der Waals surface area contributed by atoms with Crippen LogP contribution in [0.25, 0.3) is 16.8 Å². The second-order valence-corrected chi connectivity index (χ2v) is 9.65. The molecular formula is C17H21FN6O2S. The third-order valence-corrected chi connectivity index (χ3v) is 7.87. The molecule has 3 aromatic heterocycles. The van der Waals surface area contributed by atoms with Crippen molar-refractivity contribution in [2.45, 2.75) is 56.0 Å². The zero-order valence-electron chi connectivity index (χ0n) is 14.9. The molecule has 3 heterocycles. The van der Waals surface area contributed by atoms with Crippen molar-refractivity contribution >= 4 is 26.8 Å². The van der Waals surface area contributed by atoms with Crippen LogP contribution in [-0.4, -0.2) is 44.3 Å². The second-order valence-electron chi connectivity index (χ2n) is 7.65. The standard InChI is InChI=1S/C17H21FN6O2S/c1-2-10-7-11(23-27(25,26)12-3-4-12)8-17(10,18)16-22-21-14-9-20-15-13(24(14)16)5-6-19-15/h5-6,9-12,19,23H,2-4,7-8H2,1H3/t10-,11+,17-/m0/s1. The molecule has 27 heavy (non-hydrogen) atoms. The Balaban J connectivity index is 1.56. The summed E-state index contributed by atoms with van der Waals surface area (Å²) in [6.45, 7) is 1.92. The number of fused-ring (bicyclic) bond motifs is 3. The molecule has 3 atom stereocenters. The zero-order valence-corrected chi connectivity index (χ0v) is 15.7. The molecule has 8 nitrogen and oxygen atoms in total. The maximum atomic E-state index is 16.4. The van der Waals surface area contributed by atoms with Crippen LogP contribution in [0.1, 0.15) is 44.9 Å². The normalized spacial score (nSPS) is 29.1. The third-order valence-electron chi connectivity index (χ3n) is 5.86. The van der Waals surface area contributed by atoms with E-state index in [1.807, 2.05) is 13.0 Å².